The number of benzene rings is 3. The molecule has 0 aromatic heterocycles. The lowest BCUT2D eigenvalue weighted by Crippen LogP contribution is -2.48. The Bertz CT molecular complexity index is 1250. The van der Waals surface area contributed by atoms with Crippen molar-refractivity contribution in [1.29, 1.82) is 0 Å². The zero-order chi connectivity index (χ0) is 27.6. The van der Waals surface area contributed by atoms with Crippen LogP contribution in [0.4, 0.5) is 11.4 Å². The molecule has 1 heterocycles. The molecule has 0 aliphatic carbocycles. The van der Waals surface area contributed by atoms with Crippen molar-refractivity contribution in [2.24, 2.45) is 0 Å². The second-order valence-corrected chi connectivity index (χ2v) is 9.89. The van der Waals surface area contributed by atoms with Gasteiger partial charge in [-0.3, -0.25) is 9.59 Å². The van der Waals surface area contributed by atoms with Gasteiger partial charge in [0.05, 0.1) is 18.8 Å². The Morgan fingerprint density at radius 1 is 1.00 bits per heavy atom. The average molecular weight is 531 g/mol. The summed E-state index contributed by atoms with van der Waals surface area (Å²) in [6.07, 6.45) is 0.913. The summed E-state index contributed by atoms with van der Waals surface area (Å²) < 4.78 is 0. The monoisotopic (exact) mass is 530 g/mol. The van der Waals surface area contributed by atoms with Crippen LogP contribution in [0.2, 0.25) is 0 Å². The molecule has 5 N–H and O–H groups in total. The van der Waals surface area contributed by atoms with Gasteiger partial charge in [0, 0.05) is 49.5 Å². The molecule has 0 spiro atoms. The number of nitrogens with one attached hydrogen (secondary N) is 3. The van der Waals surface area contributed by atoms with Crippen LogP contribution in [0.1, 0.15) is 46.8 Å². The minimum Gasteiger partial charge on any atom is -0.392 e. The minimum absolute atomic E-state index is 0.0236. The van der Waals surface area contributed by atoms with E-state index >= 15 is 0 Å². The van der Waals surface area contributed by atoms with Crippen molar-refractivity contribution in [3.8, 4) is 0 Å². The van der Waals surface area contributed by atoms with Crippen LogP contribution in [0, 0.1) is 0 Å². The van der Waals surface area contributed by atoms with E-state index in [1.54, 1.807) is 17.0 Å². The molecule has 3 aromatic carbocycles. The van der Waals surface area contributed by atoms with Crippen molar-refractivity contribution < 1.29 is 19.8 Å². The molecular formula is C31H38N4O4. The zero-order valence-corrected chi connectivity index (χ0v) is 22.4. The third-order valence-electron chi connectivity index (χ3n) is 6.88. The van der Waals surface area contributed by atoms with E-state index in [2.05, 4.69) is 16.0 Å². The van der Waals surface area contributed by atoms with Gasteiger partial charge in [0.25, 0.3) is 5.91 Å². The highest BCUT2D eigenvalue weighted by Crippen LogP contribution is 2.27. The largest absolute Gasteiger partial charge is 0.392 e. The van der Waals surface area contributed by atoms with Gasteiger partial charge >= 0.3 is 0 Å². The van der Waals surface area contributed by atoms with E-state index in [1.165, 1.54) is 0 Å². The zero-order valence-electron chi connectivity index (χ0n) is 22.4. The molecule has 39 heavy (non-hydrogen) atoms. The average Bonchev–Trinajstić information content (AvgIpc) is 3.39. The maximum atomic E-state index is 13.5. The van der Waals surface area contributed by atoms with Gasteiger partial charge in [-0.1, -0.05) is 54.6 Å². The fourth-order valence-corrected chi connectivity index (χ4v) is 4.87. The van der Waals surface area contributed by atoms with Crippen molar-refractivity contribution in [1.82, 2.24) is 10.6 Å². The lowest BCUT2D eigenvalue weighted by molar-refractivity contribution is -0.117. The summed E-state index contributed by atoms with van der Waals surface area (Å²) in [7, 11) is 0. The number of rotatable bonds is 13. The van der Waals surface area contributed by atoms with Crippen LogP contribution in [0.25, 0.3) is 0 Å². The molecular weight excluding hydrogens is 492 g/mol. The first-order valence-corrected chi connectivity index (χ1v) is 13.6. The molecule has 2 amide bonds. The van der Waals surface area contributed by atoms with Gasteiger partial charge in [0.2, 0.25) is 5.91 Å². The Kier molecular flexibility index (Phi) is 10.1. The Hall–Kier alpha value is -3.72. The molecule has 206 valence electrons. The second kappa shape index (κ2) is 13.9. The maximum absolute atomic E-state index is 13.5. The lowest BCUT2D eigenvalue weighted by atomic mass is 10.00. The summed E-state index contributed by atoms with van der Waals surface area (Å²) >= 11 is 0. The third kappa shape index (κ3) is 7.89. The Morgan fingerprint density at radius 2 is 1.77 bits per heavy atom. The summed E-state index contributed by atoms with van der Waals surface area (Å²) in [6.45, 7) is 4.07. The van der Waals surface area contributed by atoms with Crippen molar-refractivity contribution in [3.63, 3.8) is 0 Å². The Morgan fingerprint density at radius 3 is 2.49 bits per heavy atom. The van der Waals surface area contributed by atoms with E-state index in [0.717, 1.165) is 28.8 Å². The first kappa shape index (κ1) is 28.3. The van der Waals surface area contributed by atoms with E-state index in [-0.39, 0.29) is 25.0 Å². The van der Waals surface area contributed by atoms with Crippen molar-refractivity contribution in [2.45, 2.75) is 51.5 Å². The lowest BCUT2D eigenvalue weighted by Gasteiger charge is -2.25. The van der Waals surface area contributed by atoms with Crippen LogP contribution in [0.5, 0.6) is 0 Å². The summed E-state index contributed by atoms with van der Waals surface area (Å²) in [5, 5.41) is 30.1. The summed E-state index contributed by atoms with van der Waals surface area (Å²) in [4.78, 5) is 27.6. The normalized spacial score (nSPS) is 14.7. The predicted octanol–water partition coefficient (Wildman–Crippen LogP) is 3.23. The van der Waals surface area contributed by atoms with Gasteiger partial charge < -0.3 is 31.1 Å². The van der Waals surface area contributed by atoms with Gasteiger partial charge in [-0.15, -0.1) is 0 Å². The number of hydrogen-bond acceptors (Lipinski definition) is 6. The predicted molar refractivity (Wildman–Crippen MR) is 154 cm³/mol. The fraction of sp³-hybridized carbons (Fsp3) is 0.355. The van der Waals surface area contributed by atoms with Crippen LogP contribution >= 0.6 is 0 Å². The molecule has 1 saturated heterocycles. The van der Waals surface area contributed by atoms with Gasteiger partial charge in [-0.2, -0.15) is 0 Å². The number of nitrogens with zero attached hydrogens (tertiary/aromatic N) is 1. The second-order valence-electron chi connectivity index (χ2n) is 9.89. The number of aliphatic hydroxyl groups excluding tert-OH is 2. The molecule has 4 rings (SSSR count). The SMILES string of the molecule is CCNc1cc(C(=O)N[C@@H](Cc2ccccc2)[C@H](O)CNCc2cccc(CO)c2)cc(N2CCCC2=O)c1. The molecule has 1 aliphatic rings. The summed E-state index contributed by atoms with van der Waals surface area (Å²) in [5.41, 5.74) is 4.74. The maximum Gasteiger partial charge on any atom is 0.251 e. The highest BCUT2D eigenvalue weighted by Gasteiger charge is 2.25. The van der Waals surface area contributed by atoms with Gasteiger partial charge in [-0.05, 0) is 54.7 Å². The molecule has 1 fully saturated rings. The number of amides is 2. The number of hydrogen-bond donors (Lipinski definition) is 5. The van der Waals surface area contributed by atoms with Crippen LogP contribution < -0.4 is 20.9 Å². The topological polar surface area (TPSA) is 114 Å². The first-order chi connectivity index (χ1) is 19.0. The Balaban J connectivity index is 1.49. The van der Waals surface area contributed by atoms with Crippen LogP contribution in [-0.2, 0) is 24.4 Å². The molecule has 8 heteroatoms. The van der Waals surface area contributed by atoms with Crippen LogP contribution in [0.15, 0.2) is 72.8 Å². The molecule has 0 bridgehead atoms. The first-order valence-electron chi connectivity index (χ1n) is 13.6. The van der Waals surface area contributed by atoms with E-state index in [1.807, 2.05) is 67.6 Å². The molecule has 1 aliphatic heterocycles. The molecule has 3 aromatic rings. The molecule has 0 radical (unpaired) electrons. The Labute approximate surface area is 230 Å². The minimum atomic E-state index is -0.855. The molecule has 0 unspecified atom stereocenters. The number of carbonyl (C=O) groups is 2. The van der Waals surface area contributed by atoms with Gasteiger partial charge in [-0.25, -0.2) is 0 Å². The van der Waals surface area contributed by atoms with E-state index in [4.69, 9.17) is 0 Å². The van der Waals surface area contributed by atoms with E-state index in [9.17, 15) is 19.8 Å². The number of carbonyl (C=O) groups excluding carboxylic acids is 2. The quantitative estimate of drug-likeness (QED) is 0.232. The third-order valence-corrected chi connectivity index (χ3v) is 6.88. The highest BCUT2D eigenvalue weighted by atomic mass is 16.3. The molecule has 0 saturated carbocycles. The standard InChI is InChI=1S/C31H38N4O4/c1-2-33-26-16-25(17-27(18-26)35-13-7-12-30(35)38)31(39)34-28(15-22-8-4-3-5-9-22)29(37)20-32-19-23-10-6-11-24(14-23)21-36/h3-6,8-11,14,16-18,28-29,32-33,36-37H,2,7,12-13,15,19-21H2,1H3,(H,34,39)/t28-,29+/m0/s1. The van der Waals surface area contributed by atoms with Crippen LogP contribution in [0.3, 0.4) is 0 Å². The summed E-state index contributed by atoms with van der Waals surface area (Å²) in [6, 6.07) is 22.3. The fourth-order valence-electron chi connectivity index (χ4n) is 4.87. The van der Waals surface area contributed by atoms with Crippen LogP contribution in [-0.4, -0.2) is 53.8 Å². The molecule has 8 nitrogen and oxygen atoms in total. The molecule has 2 atom stereocenters. The summed E-state index contributed by atoms with van der Waals surface area (Å²) in [5.74, 6) is -0.249. The van der Waals surface area contributed by atoms with Gasteiger partial charge in [0.1, 0.15) is 0 Å². The smallest absolute Gasteiger partial charge is 0.251 e. The van der Waals surface area contributed by atoms with Crippen molar-refractivity contribution in [2.75, 3.05) is 29.9 Å². The van der Waals surface area contributed by atoms with E-state index < -0.39 is 12.1 Å². The van der Waals surface area contributed by atoms with Crippen molar-refractivity contribution >= 4 is 23.2 Å². The van der Waals surface area contributed by atoms with E-state index in [0.29, 0.717) is 43.7 Å². The number of aliphatic hydroxyl groups is 2. The van der Waals surface area contributed by atoms with Crippen molar-refractivity contribution in [3.05, 3.63) is 95.1 Å². The number of anilines is 2. The van der Waals surface area contributed by atoms with Gasteiger partial charge in [0.15, 0.2) is 0 Å². The highest BCUT2D eigenvalue weighted by molar-refractivity contribution is 6.00.